The van der Waals surface area contributed by atoms with E-state index in [9.17, 15) is 4.79 Å². The minimum atomic E-state index is -0.0949. The second-order valence-corrected chi connectivity index (χ2v) is 5.39. The second kappa shape index (κ2) is 7.86. The molecular weight excluding hydrogens is 300 g/mol. The Bertz CT molecular complexity index is 693. The van der Waals surface area contributed by atoms with Gasteiger partial charge in [0.15, 0.2) is 10.6 Å². The first-order valence-electron chi connectivity index (χ1n) is 7.09. The first-order chi connectivity index (χ1) is 10.6. The van der Waals surface area contributed by atoms with E-state index in [1.807, 2.05) is 31.2 Å². The molecule has 22 heavy (non-hydrogen) atoms. The van der Waals surface area contributed by atoms with Crippen molar-refractivity contribution in [2.75, 3.05) is 20.3 Å². The Morgan fingerprint density at radius 2 is 2.32 bits per heavy atom. The third kappa shape index (κ3) is 4.25. The zero-order chi connectivity index (χ0) is 15.9. The number of aromatic amines is 1. The topological polar surface area (TPSA) is 71.9 Å². The number of aryl methyl sites for hydroxylation is 1. The summed E-state index contributed by atoms with van der Waals surface area (Å²) in [5, 5.41) is 9.83. The molecule has 7 heteroatoms. The van der Waals surface area contributed by atoms with Crippen molar-refractivity contribution in [3.05, 3.63) is 34.6 Å². The molecule has 0 aliphatic heterocycles. The van der Waals surface area contributed by atoms with Gasteiger partial charge in [-0.25, -0.2) is 0 Å². The highest BCUT2D eigenvalue weighted by Gasteiger charge is 2.12. The summed E-state index contributed by atoms with van der Waals surface area (Å²) >= 11 is 5.22. The monoisotopic (exact) mass is 320 g/mol. The van der Waals surface area contributed by atoms with E-state index in [1.54, 1.807) is 11.7 Å². The molecular formula is C15H20N4O2S. The zero-order valence-electron chi connectivity index (χ0n) is 12.8. The van der Waals surface area contributed by atoms with Crippen LogP contribution in [0.25, 0.3) is 11.4 Å². The van der Waals surface area contributed by atoms with Gasteiger partial charge in [-0.1, -0.05) is 23.8 Å². The van der Waals surface area contributed by atoms with Gasteiger partial charge < -0.3 is 10.1 Å². The molecule has 0 spiro atoms. The number of methoxy groups -OCH3 is 1. The molecule has 2 N–H and O–H groups in total. The van der Waals surface area contributed by atoms with Crippen LogP contribution in [0.3, 0.4) is 0 Å². The lowest BCUT2D eigenvalue weighted by Gasteiger charge is -2.08. The van der Waals surface area contributed by atoms with E-state index in [0.717, 1.165) is 17.5 Å². The Labute approximate surface area is 134 Å². The maximum Gasteiger partial charge on any atom is 0.240 e. The van der Waals surface area contributed by atoms with E-state index in [1.165, 1.54) is 0 Å². The number of amides is 1. The molecule has 0 saturated heterocycles. The molecule has 0 saturated carbocycles. The van der Waals surface area contributed by atoms with Crippen LogP contribution in [0, 0.1) is 11.7 Å². The number of aromatic nitrogens is 3. The number of carbonyl (C=O) groups excluding carboxylic acids is 1. The number of ether oxygens (including phenoxy) is 1. The van der Waals surface area contributed by atoms with E-state index in [-0.39, 0.29) is 12.5 Å². The number of H-pyrrole nitrogens is 1. The predicted molar refractivity (Wildman–Crippen MR) is 87.1 cm³/mol. The first kappa shape index (κ1) is 16.4. The molecule has 0 aliphatic rings. The second-order valence-electron chi connectivity index (χ2n) is 5.00. The number of nitrogens with one attached hydrogen (secondary N) is 2. The van der Waals surface area contributed by atoms with Crippen molar-refractivity contribution >= 4 is 18.1 Å². The molecule has 0 aliphatic carbocycles. The van der Waals surface area contributed by atoms with Gasteiger partial charge in [-0.05, 0) is 31.6 Å². The van der Waals surface area contributed by atoms with Gasteiger partial charge in [-0.15, -0.1) is 0 Å². The van der Waals surface area contributed by atoms with Gasteiger partial charge in [0.1, 0.15) is 6.54 Å². The van der Waals surface area contributed by atoms with Crippen LogP contribution in [-0.4, -0.2) is 40.9 Å². The van der Waals surface area contributed by atoms with Crippen molar-refractivity contribution in [1.29, 1.82) is 0 Å². The fraction of sp³-hybridized carbons (Fsp3) is 0.400. The summed E-state index contributed by atoms with van der Waals surface area (Å²) in [4.78, 5) is 12.0. The van der Waals surface area contributed by atoms with Crippen molar-refractivity contribution in [1.82, 2.24) is 20.1 Å². The molecule has 0 atom stereocenters. The molecule has 6 nitrogen and oxygen atoms in total. The summed E-state index contributed by atoms with van der Waals surface area (Å²) in [5.41, 5.74) is 2.06. The van der Waals surface area contributed by atoms with Gasteiger partial charge in [0.05, 0.1) is 0 Å². The minimum absolute atomic E-state index is 0.0949. The lowest BCUT2D eigenvalue weighted by molar-refractivity contribution is -0.121. The number of hydrogen-bond donors (Lipinski definition) is 2. The molecule has 0 fully saturated rings. The highest BCUT2D eigenvalue weighted by Crippen LogP contribution is 2.18. The minimum Gasteiger partial charge on any atom is -0.385 e. The smallest absolute Gasteiger partial charge is 0.240 e. The number of rotatable bonds is 7. The van der Waals surface area contributed by atoms with Crippen molar-refractivity contribution in [2.45, 2.75) is 19.9 Å². The Hall–Kier alpha value is -1.99. The first-order valence-corrected chi connectivity index (χ1v) is 7.50. The third-order valence-corrected chi connectivity index (χ3v) is 3.50. The molecule has 1 aromatic carbocycles. The quantitative estimate of drug-likeness (QED) is 0.605. The van der Waals surface area contributed by atoms with Gasteiger partial charge in [-0.3, -0.25) is 14.5 Å². The number of nitrogens with zero attached hydrogens (tertiary/aromatic N) is 2. The van der Waals surface area contributed by atoms with Crippen LogP contribution in [0.15, 0.2) is 24.3 Å². The summed E-state index contributed by atoms with van der Waals surface area (Å²) in [6.45, 7) is 3.36. The third-order valence-electron chi connectivity index (χ3n) is 3.18. The molecule has 2 aromatic rings. The fourth-order valence-electron chi connectivity index (χ4n) is 2.11. The summed E-state index contributed by atoms with van der Waals surface area (Å²) in [6, 6.07) is 7.93. The lowest BCUT2D eigenvalue weighted by atomic mass is 10.1. The maximum absolute atomic E-state index is 12.0. The van der Waals surface area contributed by atoms with Crippen LogP contribution in [0.4, 0.5) is 0 Å². The standard InChI is InChI=1S/C15H20N4O2S/c1-11-5-3-6-12(9-11)14-17-18-15(22)19(14)10-13(20)16-7-4-8-21-2/h3,5-6,9H,4,7-8,10H2,1-2H3,(H,16,20)(H,18,22). The van der Waals surface area contributed by atoms with Crippen LogP contribution in [0.2, 0.25) is 0 Å². The fourth-order valence-corrected chi connectivity index (χ4v) is 2.31. The Morgan fingerprint density at radius 3 is 3.05 bits per heavy atom. The van der Waals surface area contributed by atoms with Gasteiger partial charge >= 0.3 is 0 Å². The zero-order valence-corrected chi connectivity index (χ0v) is 13.6. The predicted octanol–water partition coefficient (Wildman–Crippen LogP) is 2.07. The summed E-state index contributed by atoms with van der Waals surface area (Å²) in [5.74, 6) is 0.572. The van der Waals surface area contributed by atoms with Crippen LogP contribution in [0.1, 0.15) is 12.0 Å². The number of carbonyl (C=O) groups is 1. The van der Waals surface area contributed by atoms with Crippen molar-refractivity contribution in [3.8, 4) is 11.4 Å². The normalized spacial score (nSPS) is 10.6. The van der Waals surface area contributed by atoms with Crippen molar-refractivity contribution in [3.63, 3.8) is 0 Å². The Morgan fingerprint density at radius 1 is 1.50 bits per heavy atom. The van der Waals surface area contributed by atoms with Crippen LogP contribution in [0.5, 0.6) is 0 Å². The Balaban J connectivity index is 2.10. The van der Waals surface area contributed by atoms with E-state index in [2.05, 4.69) is 15.5 Å². The van der Waals surface area contributed by atoms with E-state index < -0.39 is 0 Å². The number of hydrogen-bond acceptors (Lipinski definition) is 4. The molecule has 2 rings (SSSR count). The molecule has 1 amide bonds. The van der Waals surface area contributed by atoms with Crippen LogP contribution in [-0.2, 0) is 16.1 Å². The van der Waals surface area contributed by atoms with E-state index >= 15 is 0 Å². The van der Waals surface area contributed by atoms with Crippen LogP contribution < -0.4 is 5.32 Å². The summed E-state index contributed by atoms with van der Waals surface area (Å²) in [6.07, 6.45) is 0.782. The average molecular weight is 320 g/mol. The average Bonchev–Trinajstić information content (AvgIpc) is 2.85. The van der Waals surface area contributed by atoms with Gasteiger partial charge in [0.25, 0.3) is 0 Å². The molecule has 118 valence electrons. The van der Waals surface area contributed by atoms with E-state index in [0.29, 0.717) is 23.7 Å². The van der Waals surface area contributed by atoms with Gasteiger partial charge in [0, 0.05) is 25.8 Å². The van der Waals surface area contributed by atoms with Crippen molar-refractivity contribution in [2.24, 2.45) is 0 Å². The van der Waals surface area contributed by atoms with E-state index in [4.69, 9.17) is 17.0 Å². The lowest BCUT2D eigenvalue weighted by Crippen LogP contribution is -2.29. The largest absolute Gasteiger partial charge is 0.385 e. The molecule has 0 unspecified atom stereocenters. The maximum atomic E-state index is 12.0. The van der Waals surface area contributed by atoms with Gasteiger partial charge in [-0.2, -0.15) is 5.10 Å². The summed E-state index contributed by atoms with van der Waals surface area (Å²) < 4.78 is 7.09. The highest BCUT2D eigenvalue weighted by molar-refractivity contribution is 7.71. The highest BCUT2D eigenvalue weighted by atomic mass is 32.1. The molecule has 0 bridgehead atoms. The summed E-state index contributed by atoms with van der Waals surface area (Å²) in [7, 11) is 1.64. The van der Waals surface area contributed by atoms with Crippen molar-refractivity contribution < 1.29 is 9.53 Å². The molecule has 1 heterocycles. The van der Waals surface area contributed by atoms with Gasteiger partial charge in [0.2, 0.25) is 5.91 Å². The molecule has 0 radical (unpaired) electrons. The Kier molecular flexibility index (Phi) is 5.85. The SMILES string of the molecule is COCCCNC(=O)Cn1c(-c2cccc(C)c2)n[nH]c1=S. The molecule has 1 aromatic heterocycles. The van der Waals surface area contributed by atoms with Crippen LogP contribution >= 0.6 is 12.2 Å². The number of benzene rings is 1.